The zero-order chi connectivity index (χ0) is 29.6. The number of nitrogens with two attached hydrogens (primary N) is 1. The Balaban J connectivity index is 4.24. The molecule has 9 heteroatoms. The zero-order valence-corrected chi connectivity index (χ0v) is 26.2. The molecule has 0 bridgehead atoms. The van der Waals surface area contributed by atoms with Crippen LogP contribution in [0, 0.1) is 0 Å². The Bertz CT molecular complexity index is 712. The minimum Gasteiger partial charge on any atom is -0.457 e. The molecule has 0 saturated carbocycles. The molecule has 0 saturated heterocycles. The molecule has 0 radical (unpaired) electrons. The summed E-state index contributed by atoms with van der Waals surface area (Å²) >= 11 is 0. The van der Waals surface area contributed by atoms with E-state index in [0.29, 0.717) is 6.61 Å². The van der Waals surface area contributed by atoms with Crippen molar-refractivity contribution in [1.82, 2.24) is 0 Å². The second-order valence-corrected chi connectivity index (χ2v) is 11.4. The molecule has 234 valence electrons. The number of phosphoric ester groups is 1. The van der Waals surface area contributed by atoms with Crippen molar-refractivity contribution in [3.05, 3.63) is 36.5 Å². The Morgan fingerprint density at radius 1 is 0.775 bits per heavy atom. The van der Waals surface area contributed by atoms with Crippen molar-refractivity contribution in [2.45, 2.75) is 123 Å². The molecule has 8 nitrogen and oxygen atoms in total. The van der Waals surface area contributed by atoms with Crippen molar-refractivity contribution < 1.29 is 32.8 Å². The quantitative estimate of drug-likeness (QED) is 0.0392. The molecule has 0 amide bonds. The number of phosphoric acid groups is 1. The molecular weight excluding hydrogens is 529 g/mol. The number of allylic oxidation sites excluding steroid dienone is 6. The first-order valence-corrected chi connectivity index (χ1v) is 17.0. The van der Waals surface area contributed by atoms with Crippen LogP contribution in [0.1, 0.15) is 117 Å². The van der Waals surface area contributed by atoms with E-state index >= 15 is 0 Å². The molecule has 0 rings (SSSR count). The van der Waals surface area contributed by atoms with Gasteiger partial charge >= 0.3 is 13.8 Å². The molecule has 0 aromatic heterocycles. The fourth-order valence-corrected chi connectivity index (χ4v) is 4.60. The number of esters is 1. The van der Waals surface area contributed by atoms with Gasteiger partial charge in [0.05, 0.1) is 19.8 Å². The highest BCUT2D eigenvalue weighted by molar-refractivity contribution is 7.47. The zero-order valence-electron chi connectivity index (χ0n) is 25.3. The van der Waals surface area contributed by atoms with Gasteiger partial charge in [0, 0.05) is 19.6 Å². The summed E-state index contributed by atoms with van der Waals surface area (Å²) in [6.07, 6.45) is 28.8. The number of hydrogen-bond acceptors (Lipinski definition) is 7. The smallest absolute Gasteiger partial charge is 0.457 e. The Morgan fingerprint density at radius 3 is 2.08 bits per heavy atom. The second kappa shape index (κ2) is 29.2. The number of ether oxygens (including phenoxy) is 2. The molecule has 40 heavy (non-hydrogen) atoms. The van der Waals surface area contributed by atoms with Crippen LogP contribution in [-0.2, 0) is 27.9 Å². The summed E-state index contributed by atoms with van der Waals surface area (Å²) in [5.74, 6) is -0.363. The molecule has 0 aliphatic rings. The maximum absolute atomic E-state index is 12.4. The van der Waals surface area contributed by atoms with Gasteiger partial charge < -0.3 is 20.1 Å². The Morgan fingerprint density at radius 2 is 1.40 bits per heavy atom. The first-order valence-electron chi connectivity index (χ1n) is 15.5. The third-order valence-corrected chi connectivity index (χ3v) is 7.06. The molecule has 0 fully saturated rings. The van der Waals surface area contributed by atoms with Crippen molar-refractivity contribution in [2.24, 2.45) is 5.73 Å². The summed E-state index contributed by atoms with van der Waals surface area (Å²) in [5.41, 5.74) is 5.32. The highest BCUT2D eigenvalue weighted by Gasteiger charge is 2.25. The lowest BCUT2D eigenvalue weighted by Crippen LogP contribution is -2.28. The molecule has 0 aliphatic carbocycles. The van der Waals surface area contributed by atoms with Crippen LogP contribution >= 0.6 is 7.82 Å². The van der Waals surface area contributed by atoms with Gasteiger partial charge in [0.1, 0.15) is 6.10 Å². The van der Waals surface area contributed by atoms with Crippen LogP contribution < -0.4 is 5.73 Å². The van der Waals surface area contributed by atoms with Crippen LogP contribution in [0.5, 0.6) is 0 Å². The number of unbranched alkanes of at least 4 members (excludes halogenated alkanes) is 10. The van der Waals surface area contributed by atoms with Gasteiger partial charge in [-0.1, -0.05) is 102 Å². The van der Waals surface area contributed by atoms with Gasteiger partial charge in [-0.05, 0) is 44.9 Å². The lowest BCUT2D eigenvalue weighted by molar-refractivity contribution is -0.154. The number of rotatable bonds is 29. The van der Waals surface area contributed by atoms with Crippen molar-refractivity contribution in [3.8, 4) is 0 Å². The van der Waals surface area contributed by atoms with E-state index in [0.717, 1.165) is 57.8 Å². The highest BCUT2D eigenvalue weighted by atomic mass is 31.2. The van der Waals surface area contributed by atoms with Gasteiger partial charge in [0.25, 0.3) is 0 Å². The predicted octanol–water partition coefficient (Wildman–Crippen LogP) is 7.96. The SMILES string of the molecule is CC/C=C\C/C=C\C/C=C\CCCCCC(=O)OC(COCCCCCCCCCC)COP(=O)(O)OCCN. The summed E-state index contributed by atoms with van der Waals surface area (Å²) < 4.78 is 33.0. The third kappa shape index (κ3) is 28.3. The van der Waals surface area contributed by atoms with E-state index < -0.39 is 13.9 Å². The Hall–Kier alpha value is -1.28. The van der Waals surface area contributed by atoms with Gasteiger partial charge in [-0.15, -0.1) is 0 Å². The standard InChI is InChI=1S/C31H58NO7P/c1-3-5-7-9-11-13-14-15-16-17-18-20-22-24-31(33)39-30(29-38-40(34,35)37-27-25-32)28-36-26-23-21-19-12-10-8-6-4-2/h5,7,11,13,15-16,30H,3-4,6,8-10,12,14,17-29,32H2,1-2H3,(H,34,35)/b7-5-,13-11-,16-15-. The average Bonchev–Trinajstić information content (AvgIpc) is 2.94. The highest BCUT2D eigenvalue weighted by Crippen LogP contribution is 2.43. The van der Waals surface area contributed by atoms with Crippen molar-refractivity contribution in [1.29, 1.82) is 0 Å². The molecule has 0 aromatic rings. The van der Waals surface area contributed by atoms with Crippen molar-refractivity contribution in [3.63, 3.8) is 0 Å². The van der Waals surface area contributed by atoms with Crippen molar-refractivity contribution in [2.75, 3.05) is 33.0 Å². The first-order chi connectivity index (χ1) is 19.4. The van der Waals surface area contributed by atoms with E-state index in [1.54, 1.807) is 0 Å². The van der Waals surface area contributed by atoms with Crippen molar-refractivity contribution >= 4 is 13.8 Å². The minimum absolute atomic E-state index is 0.0951. The number of hydrogen-bond donors (Lipinski definition) is 2. The number of carbonyl (C=O) groups is 1. The van der Waals surface area contributed by atoms with E-state index in [1.807, 2.05) is 0 Å². The summed E-state index contributed by atoms with van der Waals surface area (Å²) in [6, 6.07) is 0. The van der Waals surface area contributed by atoms with Crippen LogP contribution in [0.2, 0.25) is 0 Å². The van der Waals surface area contributed by atoms with Crippen LogP contribution in [0.25, 0.3) is 0 Å². The van der Waals surface area contributed by atoms with Gasteiger partial charge in [-0.3, -0.25) is 13.8 Å². The molecule has 0 aromatic carbocycles. The van der Waals surface area contributed by atoms with Gasteiger partial charge in [0.2, 0.25) is 0 Å². The molecular formula is C31H58NO7P. The minimum atomic E-state index is -4.26. The molecule has 2 atom stereocenters. The third-order valence-electron chi connectivity index (χ3n) is 6.07. The van der Waals surface area contributed by atoms with Gasteiger partial charge in [0.15, 0.2) is 0 Å². The van der Waals surface area contributed by atoms with Crippen LogP contribution in [0.3, 0.4) is 0 Å². The van der Waals surface area contributed by atoms with E-state index in [-0.39, 0.29) is 38.8 Å². The summed E-state index contributed by atoms with van der Waals surface area (Å²) in [4.78, 5) is 22.2. The monoisotopic (exact) mass is 587 g/mol. The molecule has 0 aliphatic heterocycles. The predicted molar refractivity (Wildman–Crippen MR) is 164 cm³/mol. The van der Waals surface area contributed by atoms with E-state index in [9.17, 15) is 14.3 Å². The first kappa shape index (κ1) is 38.7. The van der Waals surface area contributed by atoms with Gasteiger partial charge in [-0.2, -0.15) is 0 Å². The largest absolute Gasteiger partial charge is 0.472 e. The lowest BCUT2D eigenvalue weighted by Gasteiger charge is -2.20. The van der Waals surface area contributed by atoms with Crippen LogP contribution in [0.4, 0.5) is 0 Å². The summed E-state index contributed by atoms with van der Waals surface area (Å²) in [5, 5.41) is 0. The second-order valence-electron chi connectivity index (χ2n) is 9.94. The van der Waals surface area contributed by atoms with Crippen LogP contribution in [0.15, 0.2) is 36.5 Å². The Labute approximate surface area is 244 Å². The van der Waals surface area contributed by atoms with E-state index in [4.69, 9.17) is 24.3 Å². The normalized spacial score (nSPS) is 14.4. The summed E-state index contributed by atoms with van der Waals surface area (Å²) in [6.45, 7) is 4.71. The molecule has 0 heterocycles. The maximum Gasteiger partial charge on any atom is 0.472 e. The Kier molecular flexibility index (Phi) is 28.3. The number of carbonyl (C=O) groups excluding carboxylic acids is 1. The topological polar surface area (TPSA) is 117 Å². The van der Waals surface area contributed by atoms with Crippen LogP contribution in [-0.4, -0.2) is 49.9 Å². The molecule has 0 spiro atoms. The summed E-state index contributed by atoms with van der Waals surface area (Å²) in [7, 11) is -4.26. The molecule has 3 N–H and O–H groups in total. The fourth-order valence-electron chi connectivity index (χ4n) is 3.83. The maximum atomic E-state index is 12.4. The fraction of sp³-hybridized carbons (Fsp3) is 0.774. The molecule has 2 unspecified atom stereocenters. The van der Waals surface area contributed by atoms with E-state index in [1.165, 1.54) is 38.5 Å². The van der Waals surface area contributed by atoms with Gasteiger partial charge in [-0.25, -0.2) is 4.57 Å². The average molecular weight is 588 g/mol. The van der Waals surface area contributed by atoms with E-state index in [2.05, 4.69) is 50.3 Å². The lowest BCUT2D eigenvalue weighted by atomic mass is 10.1.